The lowest BCUT2D eigenvalue weighted by Gasteiger charge is -2.26. The Morgan fingerprint density at radius 1 is 1.50 bits per heavy atom. The van der Waals surface area contributed by atoms with Crippen LogP contribution in [0.3, 0.4) is 0 Å². The number of hydrogen-bond donors (Lipinski definition) is 2. The van der Waals surface area contributed by atoms with Crippen LogP contribution in [0.5, 0.6) is 0 Å². The van der Waals surface area contributed by atoms with Crippen LogP contribution in [0.1, 0.15) is 32.6 Å². The van der Waals surface area contributed by atoms with Gasteiger partial charge in [0.1, 0.15) is 6.29 Å². The fraction of sp³-hybridized carbons (Fsp3) is 0.818. The minimum atomic E-state index is -1.03. The van der Waals surface area contributed by atoms with E-state index < -0.39 is 6.09 Å². The highest BCUT2D eigenvalue weighted by molar-refractivity contribution is 5.64. The molecule has 92 valence electrons. The molecule has 0 heterocycles. The van der Waals surface area contributed by atoms with Crippen LogP contribution >= 0.6 is 0 Å². The Hall–Kier alpha value is -1.10. The number of carboxylic acid groups (broad SMARTS) is 1. The first-order valence-corrected chi connectivity index (χ1v) is 5.68. The van der Waals surface area contributed by atoms with Crippen molar-refractivity contribution >= 4 is 12.4 Å². The van der Waals surface area contributed by atoms with Crippen LogP contribution in [-0.4, -0.2) is 36.2 Å². The minimum absolute atomic E-state index is 0.175. The Bertz CT molecular complexity index is 236. The van der Waals surface area contributed by atoms with Crippen molar-refractivity contribution in [1.29, 1.82) is 0 Å². The van der Waals surface area contributed by atoms with Gasteiger partial charge in [0.25, 0.3) is 0 Å². The summed E-state index contributed by atoms with van der Waals surface area (Å²) >= 11 is 0. The molecule has 1 aliphatic carbocycles. The first kappa shape index (κ1) is 13.0. The van der Waals surface area contributed by atoms with Crippen LogP contribution in [0.25, 0.3) is 0 Å². The molecule has 0 spiro atoms. The highest BCUT2D eigenvalue weighted by Crippen LogP contribution is 2.24. The smallest absolute Gasteiger partial charge is 0.404 e. The van der Waals surface area contributed by atoms with E-state index in [1.54, 1.807) is 6.92 Å². The van der Waals surface area contributed by atoms with Crippen molar-refractivity contribution in [2.75, 3.05) is 6.61 Å². The fourth-order valence-electron chi connectivity index (χ4n) is 1.92. The maximum absolute atomic E-state index is 10.5. The van der Waals surface area contributed by atoms with E-state index in [0.717, 1.165) is 32.0 Å². The van der Waals surface area contributed by atoms with Crippen molar-refractivity contribution in [3.05, 3.63) is 0 Å². The Balaban J connectivity index is 2.14. The van der Waals surface area contributed by atoms with Gasteiger partial charge >= 0.3 is 6.09 Å². The van der Waals surface area contributed by atoms with E-state index in [4.69, 9.17) is 9.84 Å². The average molecular weight is 229 g/mol. The van der Waals surface area contributed by atoms with Gasteiger partial charge in [0.05, 0.1) is 18.8 Å². The van der Waals surface area contributed by atoms with Gasteiger partial charge in [-0.2, -0.15) is 0 Å². The average Bonchev–Trinajstić information content (AvgIpc) is 2.26. The van der Waals surface area contributed by atoms with Gasteiger partial charge in [-0.1, -0.05) is 0 Å². The number of nitrogens with one attached hydrogen (secondary N) is 1. The number of carbonyl (C=O) groups is 2. The van der Waals surface area contributed by atoms with Crippen LogP contribution in [0, 0.1) is 5.92 Å². The number of rotatable bonds is 5. The zero-order valence-corrected chi connectivity index (χ0v) is 9.52. The summed E-state index contributed by atoms with van der Waals surface area (Å²) in [7, 11) is 0. The Labute approximate surface area is 95.2 Å². The maximum atomic E-state index is 10.5. The molecule has 5 heteroatoms. The van der Waals surface area contributed by atoms with E-state index in [2.05, 4.69) is 5.32 Å². The van der Waals surface area contributed by atoms with E-state index in [9.17, 15) is 9.59 Å². The van der Waals surface area contributed by atoms with Crippen molar-refractivity contribution in [1.82, 2.24) is 5.32 Å². The number of ether oxygens (including phenoxy) is 1. The van der Waals surface area contributed by atoms with Crippen LogP contribution in [-0.2, 0) is 9.53 Å². The molecule has 0 aliphatic heterocycles. The molecule has 1 atom stereocenters. The molecule has 2 N–H and O–H groups in total. The largest absolute Gasteiger partial charge is 0.465 e. The Morgan fingerprint density at radius 3 is 2.62 bits per heavy atom. The Kier molecular flexibility index (Phi) is 5.25. The van der Waals surface area contributed by atoms with Gasteiger partial charge in [-0.25, -0.2) is 4.79 Å². The predicted molar refractivity (Wildman–Crippen MR) is 58.4 cm³/mol. The van der Waals surface area contributed by atoms with Gasteiger partial charge in [-0.05, 0) is 32.6 Å². The molecule has 0 radical (unpaired) electrons. The van der Waals surface area contributed by atoms with Gasteiger partial charge in [-0.3, -0.25) is 0 Å². The topological polar surface area (TPSA) is 75.6 Å². The number of aldehydes is 1. The second kappa shape index (κ2) is 6.48. The summed E-state index contributed by atoms with van der Waals surface area (Å²) in [6, 6.07) is -0.193. The second-order valence-corrected chi connectivity index (χ2v) is 4.36. The molecule has 5 nitrogen and oxygen atoms in total. The summed E-state index contributed by atoms with van der Waals surface area (Å²) in [5.41, 5.74) is 0. The molecule has 1 amide bonds. The highest BCUT2D eigenvalue weighted by atomic mass is 16.5. The Morgan fingerprint density at radius 2 is 2.12 bits per heavy atom. The summed E-state index contributed by atoms with van der Waals surface area (Å²) < 4.78 is 5.60. The van der Waals surface area contributed by atoms with Crippen LogP contribution in [0.4, 0.5) is 4.79 Å². The number of hydrogen-bond acceptors (Lipinski definition) is 3. The van der Waals surface area contributed by atoms with Crippen LogP contribution in [0.2, 0.25) is 0 Å². The quantitative estimate of drug-likeness (QED) is 0.699. The maximum Gasteiger partial charge on any atom is 0.404 e. The third-order valence-corrected chi connectivity index (χ3v) is 2.86. The van der Waals surface area contributed by atoms with Crippen LogP contribution in [0.15, 0.2) is 0 Å². The number of carbonyl (C=O) groups excluding carboxylic acids is 1. The van der Waals surface area contributed by atoms with Gasteiger partial charge in [-0.15, -0.1) is 0 Å². The molecular weight excluding hydrogens is 210 g/mol. The zero-order chi connectivity index (χ0) is 12.0. The van der Waals surface area contributed by atoms with Crippen molar-refractivity contribution in [2.24, 2.45) is 5.92 Å². The van der Waals surface area contributed by atoms with Crippen molar-refractivity contribution < 1.29 is 19.4 Å². The fourth-order valence-corrected chi connectivity index (χ4v) is 1.92. The van der Waals surface area contributed by atoms with Gasteiger partial charge in [0.15, 0.2) is 0 Å². The summed E-state index contributed by atoms with van der Waals surface area (Å²) in [5.74, 6) is 0.189. The first-order valence-electron chi connectivity index (χ1n) is 5.68. The molecule has 1 aliphatic rings. The van der Waals surface area contributed by atoms with Gasteiger partial charge in [0.2, 0.25) is 0 Å². The van der Waals surface area contributed by atoms with E-state index in [-0.39, 0.29) is 18.1 Å². The third kappa shape index (κ3) is 4.61. The van der Waals surface area contributed by atoms with E-state index in [1.165, 1.54) is 0 Å². The van der Waals surface area contributed by atoms with Gasteiger partial charge < -0.3 is 20.0 Å². The monoisotopic (exact) mass is 229 g/mol. The molecule has 1 saturated carbocycles. The molecule has 0 unspecified atom stereocenters. The molecule has 0 aromatic heterocycles. The molecular formula is C11H19NO4. The molecule has 1 rings (SSSR count). The summed E-state index contributed by atoms with van der Waals surface area (Å²) in [5, 5.41) is 10.8. The van der Waals surface area contributed by atoms with E-state index >= 15 is 0 Å². The molecule has 0 bridgehead atoms. The van der Waals surface area contributed by atoms with E-state index in [0.29, 0.717) is 6.61 Å². The third-order valence-electron chi connectivity index (χ3n) is 2.86. The second-order valence-electron chi connectivity index (χ2n) is 4.36. The van der Waals surface area contributed by atoms with Crippen molar-refractivity contribution in [2.45, 2.75) is 44.8 Å². The molecule has 0 aromatic carbocycles. The van der Waals surface area contributed by atoms with Crippen molar-refractivity contribution in [3.63, 3.8) is 0 Å². The summed E-state index contributed by atoms with van der Waals surface area (Å²) in [4.78, 5) is 20.9. The SMILES string of the molecule is C[C@H](COC1CCC(C=O)CC1)NC(=O)O. The van der Waals surface area contributed by atoms with Crippen molar-refractivity contribution in [3.8, 4) is 0 Å². The minimum Gasteiger partial charge on any atom is -0.465 e. The van der Waals surface area contributed by atoms with Gasteiger partial charge in [0, 0.05) is 5.92 Å². The highest BCUT2D eigenvalue weighted by Gasteiger charge is 2.21. The summed E-state index contributed by atoms with van der Waals surface area (Å²) in [6.07, 6.45) is 3.72. The molecule has 1 fully saturated rings. The molecule has 0 saturated heterocycles. The summed E-state index contributed by atoms with van der Waals surface area (Å²) in [6.45, 7) is 2.16. The lowest BCUT2D eigenvalue weighted by atomic mass is 9.88. The van der Waals surface area contributed by atoms with E-state index in [1.807, 2.05) is 0 Å². The predicted octanol–water partition coefficient (Wildman–Crippen LogP) is 1.42. The lowest BCUT2D eigenvalue weighted by Crippen LogP contribution is -2.36. The standard InChI is InChI=1S/C11H19NO4/c1-8(12-11(14)15)7-16-10-4-2-9(6-13)3-5-10/h6,8-10,12H,2-5,7H2,1H3,(H,14,15)/t8-,9?,10?/m1/s1. The number of amides is 1. The van der Waals surface area contributed by atoms with Crippen LogP contribution < -0.4 is 5.32 Å². The zero-order valence-electron chi connectivity index (χ0n) is 9.52. The molecule has 16 heavy (non-hydrogen) atoms. The molecule has 0 aromatic rings. The normalized spacial score (nSPS) is 27.1. The first-order chi connectivity index (χ1) is 7.61. The lowest BCUT2D eigenvalue weighted by molar-refractivity contribution is -0.112.